The molecule has 0 spiro atoms. The van der Waals surface area contributed by atoms with Crippen molar-refractivity contribution in [3.63, 3.8) is 0 Å². The van der Waals surface area contributed by atoms with Crippen molar-refractivity contribution in [1.29, 1.82) is 5.26 Å². The predicted octanol–water partition coefficient (Wildman–Crippen LogP) is 8.14. The van der Waals surface area contributed by atoms with Crippen molar-refractivity contribution in [2.45, 2.75) is 123 Å². The van der Waals surface area contributed by atoms with E-state index in [1.807, 2.05) is 74.2 Å². The van der Waals surface area contributed by atoms with Gasteiger partial charge in [0.25, 0.3) is 5.91 Å². The zero-order chi connectivity index (χ0) is 58.1. The van der Waals surface area contributed by atoms with Crippen LogP contribution in [-0.4, -0.2) is 134 Å². The second-order valence-corrected chi connectivity index (χ2v) is 24.0. The Morgan fingerprint density at radius 3 is 2.43 bits per heavy atom. The van der Waals surface area contributed by atoms with E-state index >= 15 is 0 Å². The van der Waals surface area contributed by atoms with Crippen molar-refractivity contribution in [3.05, 3.63) is 123 Å². The quantitative estimate of drug-likeness (QED) is 0.0403. The van der Waals surface area contributed by atoms with Crippen LogP contribution in [-0.2, 0) is 32.2 Å². The number of amides is 4. The Morgan fingerprint density at radius 2 is 1.73 bits per heavy atom. The molecule has 2 fully saturated rings. The van der Waals surface area contributed by atoms with Gasteiger partial charge in [0.05, 0.1) is 52.9 Å². The number of aliphatic hydroxyl groups is 1. The van der Waals surface area contributed by atoms with Gasteiger partial charge in [0, 0.05) is 61.8 Å². The Balaban J connectivity index is 0.687. The van der Waals surface area contributed by atoms with Crippen molar-refractivity contribution in [3.8, 4) is 27.9 Å². The van der Waals surface area contributed by atoms with Gasteiger partial charge in [-0.3, -0.25) is 23.7 Å². The smallest absolute Gasteiger partial charge is 0.251 e. The van der Waals surface area contributed by atoms with E-state index in [0.717, 1.165) is 89.2 Å². The molecule has 0 saturated carbocycles. The summed E-state index contributed by atoms with van der Waals surface area (Å²) in [6.07, 6.45) is 7.60. The first-order valence-electron chi connectivity index (χ1n) is 28.0. The number of fused-ring (bicyclic) bond motifs is 3. The number of unbranched alkanes of at least 4 members (excludes halogenated alkanes) is 2. The van der Waals surface area contributed by atoms with Gasteiger partial charge in [-0.05, 0) is 104 Å². The molecule has 9 rings (SSSR count). The fraction of sp³-hybridized carbons (Fsp3) is 0.450. The Labute approximate surface area is 491 Å². The summed E-state index contributed by atoms with van der Waals surface area (Å²) in [7, 11) is 1.56. The minimum absolute atomic E-state index is 0.00800. The number of halogens is 1. The maximum atomic E-state index is 14.1. The van der Waals surface area contributed by atoms with Crippen molar-refractivity contribution in [1.82, 2.24) is 50.3 Å². The van der Waals surface area contributed by atoms with Gasteiger partial charge in [-0.1, -0.05) is 80.0 Å². The zero-order valence-corrected chi connectivity index (χ0v) is 49.7. The van der Waals surface area contributed by atoms with Gasteiger partial charge in [-0.2, -0.15) is 10.2 Å². The van der Waals surface area contributed by atoms with Gasteiger partial charge >= 0.3 is 0 Å². The second kappa shape index (κ2) is 26.7. The Morgan fingerprint density at radius 1 is 0.976 bits per heavy atom. The number of aliphatic hydroxyl groups excluding tert-OH is 1. The average Bonchev–Trinajstić information content (AvgIpc) is 3.09. The van der Waals surface area contributed by atoms with Gasteiger partial charge < -0.3 is 50.5 Å². The molecule has 22 heteroatoms. The molecule has 2 saturated heterocycles. The highest BCUT2D eigenvalue weighted by Gasteiger charge is 2.44. The highest BCUT2D eigenvalue weighted by Crippen LogP contribution is 2.42. The van der Waals surface area contributed by atoms with Crippen LogP contribution in [0.25, 0.3) is 16.1 Å². The lowest BCUT2D eigenvalue weighted by molar-refractivity contribution is -0.144. The number of β-amino-alcohol motifs (C(OH)–C–C–N with tert-alkyl or cyclic N) is 1. The first-order valence-corrected chi connectivity index (χ1v) is 29.7. The number of piperidine rings is 1. The van der Waals surface area contributed by atoms with E-state index < -0.39 is 35.4 Å². The predicted molar refractivity (Wildman–Crippen MR) is 317 cm³/mol. The van der Waals surface area contributed by atoms with Gasteiger partial charge in [0.2, 0.25) is 23.7 Å². The van der Waals surface area contributed by atoms with Gasteiger partial charge in [0.1, 0.15) is 42.5 Å². The molecular formula is C60H72BrN13O7S. The van der Waals surface area contributed by atoms with E-state index in [0.29, 0.717) is 59.7 Å². The van der Waals surface area contributed by atoms with Crippen LogP contribution in [0.2, 0.25) is 0 Å². The van der Waals surface area contributed by atoms with Crippen molar-refractivity contribution in [2.75, 3.05) is 56.7 Å². The summed E-state index contributed by atoms with van der Waals surface area (Å²) in [5, 5.41) is 32.9. The lowest BCUT2D eigenvalue weighted by atomic mass is 9.85. The van der Waals surface area contributed by atoms with E-state index in [1.165, 1.54) is 4.90 Å². The number of anilines is 3. The molecule has 4 amide bonds. The third kappa shape index (κ3) is 14.1. The molecule has 0 radical (unpaired) electrons. The number of nitriles is 1. The van der Waals surface area contributed by atoms with Crippen LogP contribution in [0.3, 0.4) is 0 Å². The SMILES string of the molecule is CC[C@@H]1c2c(C#N)ncn2-c2cnc(Nc3ccc(C(=O)NC4CCN(CCCCCOCC(=O)NC(C(=O)N5C[C@H](O)C[C@H]5C(=O)NCc5ccc(-c6scnc6C)cc5)C(C)(C)C)CC4)cc3OC)nc2N1Cc1ccc(Br)cc1. The molecule has 0 aliphatic carbocycles. The number of carbonyl (C=O) groups is 4. The minimum Gasteiger partial charge on any atom is -0.495 e. The zero-order valence-electron chi connectivity index (χ0n) is 47.3. The fourth-order valence-corrected chi connectivity index (χ4v) is 12.0. The number of rotatable bonds is 22. The number of hydrogen-bond acceptors (Lipinski definition) is 16. The number of imidazole rings is 1. The van der Waals surface area contributed by atoms with Gasteiger partial charge in [-0.25, -0.2) is 15.0 Å². The highest BCUT2D eigenvalue weighted by molar-refractivity contribution is 9.10. The number of hydrogen-bond donors (Lipinski definition) is 5. The Kier molecular flexibility index (Phi) is 19.4. The number of likely N-dealkylation sites (tertiary alicyclic amines) is 2. The molecule has 3 aliphatic heterocycles. The molecule has 5 N–H and O–H groups in total. The van der Waals surface area contributed by atoms with Crippen LogP contribution < -0.4 is 30.9 Å². The molecule has 20 nitrogen and oxygen atoms in total. The number of aryl methyl sites for hydroxylation is 1. The van der Waals surface area contributed by atoms with Gasteiger partial charge in [-0.15, -0.1) is 11.3 Å². The maximum absolute atomic E-state index is 14.1. The van der Waals surface area contributed by atoms with Crippen LogP contribution in [0.4, 0.5) is 17.5 Å². The largest absolute Gasteiger partial charge is 0.495 e. The van der Waals surface area contributed by atoms with E-state index in [1.54, 1.807) is 49.2 Å². The summed E-state index contributed by atoms with van der Waals surface area (Å²) < 4.78 is 14.4. The molecule has 3 aromatic heterocycles. The molecule has 3 aromatic carbocycles. The van der Waals surface area contributed by atoms with E-state index in [4.69, 9.17) is 14.5 Å². The molecule has 3 aliphatic rings. The van der Waals surface area contributed by atoms with Crippen LogP contribution in [0.15, 0.2) is 89.2 Å². The second-order valence-electron chi connectivity index (χ2n) is 22.2. The van der Waals surface area contributed by atoms with Crippen LogP contribution in [0, 0.1) is 23.7 Å². The maximum Gasteiger partial charge on any atom is 0.251 e. The number of nitrogens with zero attached hydrogens (tertiary/aromatic N) is 9. The molecule has 432 valence electrons. The van der Waals surface area contributed by atoms with Crippen LogP contribution >= 0.6 is 27.3 Å². The Bertz CT molecular complexity index is 3260. The normalized spacial score (nSPS) is 17.6. The molecule has 6 aromatic rings. The molecule has 0 bridgehead atoms. The molecular weight excluding hydrogens is 1130 g/mol. The number of thiazole rings is 1. The van der Waals surface area contributed by atoms with Crippen LogP contribution in [0.1, 0.15) is 117 Å². The summed E-state index contributed by atoms with van der Waals surface area (Å²) in [5.41, 5.74) is 8.07. The lowest BCUT2D eigenvalue weighted by Crippen LogP contribution is -2.58. The summed E-state index contributed by atoms with van der Waals surface area (Å²) in [6, 6.07) is 21.6. The monoisotopic (exact) mass is 1200 g/mol. The number of benzene rings is 3. The van der Waals surface area contributed by atoms with Crippen LogP contribution in [0.5, 0.6) is 5.75 Å². The standard InChI is InChI=1S/C60H72BrN13O7S/c1-7-47-52-46(29-62)65-35-74(52)49-31-64-59(70-55(49)72(47)32-39-13-18-42(61)19-14-39)68-45-20-17-41(27-50(45)80-6)56(77)67-43-21-24-71(25-22-43)23-9-8-10-26-81-34-51(76)69-54(60(3,4)5)58(79)73-33-44(75)28-48(73)57(78)63-30-38-11-15-40(16-12-38)53-37(2)66-36-82-53/h11-20,27,31,35-36,43-44,47-48,54,75H,7-10,21-26,28,30,32-34H2,1-6H3,(H,63,78)(H,67,77)(H,69,76)(H,64,68,70)/t44-,47-,48+,54?/m1/s1. The number of ether oxygens (including phenoxy) is 2. The first-order chi connectivity index (χ1) is 39.5. The Hall–Kier alpha value is -7.29. The molecule has 1 unspecified atom stereocenters. The van der Waals surface area contributed by atoms with E-state index in [-0.39, 0.29) is 50.0 Å². The van der Waals surface area contributed by atoms with E-state index in [2.05, 4.69) is 87.1 Å². The highest BCUT2D eigenvalue weighted by atomic mass is 79.9. The molecule has 4 atom stereocenters. The molecule has 82 heavy (non-hydrogen) atoms. The number of aromatic nitrogens is 5. The number of nitrogens with one attached hydrogen (secondary N) is 4. The topological polar surface area (TPSA) is 245 Å². The van der Waals surface area contributed by atoms with Crippen molar-refractivity contribution in [2.24, 2.45) is 5.41 Å². The summed E-state index contributed by atoms with van der Waals surface area (Å²) in [6.45, 7) is 13.2. The summed E-state index contributed by atoms with van der Waals surface area (Å²) >= 11 is 5.11. The summed E-state index contributed by atoms with van der Waals surface area (Å²) in [5.74, 6) is 0.0970. The first kappa shape index (κ1) is 59.3. The number of methoxy groups -OCH3 is 1. The van der Waals surface area contributed by atoms with Crippen molar-refractivity contribution >= 4 is 68.3 Å². The fourth-order valence-electron chi connectivity index (χ4n) is 10.9. The molecule has 6 heterocycles. The summed E-state index contributed by atoms with van der Waals surface area (Å²) in [4.78, 5) is 79.9. The van der Waals surface area contributed by atoms with Crippen molar-refractivity contribution < 1.29 is 33.8 Å². The number of carbonyl (C=O) groups excluding carboxylic acids is 4. The minimum atomic E-state index is -0.946. The third-order valence-corrected chi connectivity index (χ3v) is 16.9. The average molecular weight is 1200 g/mol. The lowest BCUT2D eigenvalue weighted by Gasteiger charge is -2.38. The third-order valence-electron chi connectivity index (χ3n) is 15.4. The van der Waals surface area contributed by atoms with Gasteiger partial charge in [0.15, 0.2) is 11.5 Å². The van der Waals surface area contributed by atoms with E-state index in [9.17, 15) is 29.5 Å².